The second-order valence-corrected chi connectivity index (χ2v) is 10.5. The van der Waals surface area contributed by atoms with Crippen molar-refractivity contribution in [3.8, 4) is 11.5 Å². The number of nitrogens with zero attached hydrogens (tertiary/aromatic N) is 5. The smallest absolute Gasteiger partial charge is 0.191 e. The zero-order chi connectivity index (χ0) is 33.9. The topological polar surface area (TPSA) is 30.9 Å². The molecular weight excluding hydrogens is 526 g/mol. The summed E-state index contributed by atoms with van der Waals surface area (Å²) in [5, 5.41) is 2.04. The van der Waals surface area contributed by atoms with Crippen LogP contribution in [0.15, 0.2) is 146 Å². The highest BCUT2D eigenvalue weighted by molar-refractivity contribution is 6.10. The molecule has 0 amide bonds. The lowest BCUT2D eigenvalue weighted by Crippen LogP contribution is -2.10. The molecule has 0 saturated heterocycles. The average molecular weight is 563 g/mol. The number of benzene rings is 5. The molecule has 0 fully saturated rings. The third-order valence-electron chi connectivity index (χ3n) is 7.90. The van der Waals surface area contributed by atoms with Gasteiger partial charge in [-0.15, -0.1) is 0 Å². The lowest BCUT2D eigenvalue weighted by Gasteiger charge is -2.25. The van der Waals surface area contributed by atoms with Crippen LogP contribution in [-0.2, 0) is 6.98 Å². The van der Waals surface area contributed by atoms with E-state index in [-0.39, 0.29) is 5.56 Å². The summed E-state index contributed by atoms with van der Waals surface area (Å²) in [6.07, 6.45) is 3.18. The SMILES string of the molecule is [2H]C([2H])([2H])c1ccnc(-n2c3ccccc3c3ccc(N(c4ccccc4)c4cccc(-n5[cH+]n(C([2H])([2H])[2H])c6ccccc65)c4)cc32)c1. The van der Waals surface area contributed by atoms with Gasteiger partial charge in [-0.05, 0) is 79.1 Å². The molecule has 0 aliphatic carbocycles. The number of para-hydroxylation sites is 4. The van der Waals surface area contributed by atoms with Gasteiger partial charge in [0.1, 0.15) is 11.5 Å². The number of anilines is 3. The number of imidazole rings is 1. The van der Waals surface area contributed by atoms with E-state index in [9.17, 15) is 0 Å². The summed E-state index contributed by atoms with van der Waals surface area (Å²) in [6, 6.07) is 43.0. The Morgan fingerprint density at radius 2 is 1.37 bits per heavy atom. The van der Waals surface area contributed by atoms with Crippen molar-refractivity contribution >= 4 is 49.9 Å². The number of hydrogen-bond donors (Lipinski definition) is 0. The van der Waals surface area contributed by atoms with Gasteiger partial charge < -0.3 is 4.90 Å². The van der Waals surface area contributed by atoms with E-state index in [1.165, 1.54) is 10.6 Å². The van der Waals surface area contributed by atoms with E-state index in [1.54, 1.807) is 18.6 Å². The highest BCUT2D eigenvalue weighted by Gasteiger charge is 2.20. The highest BCUT2D eigenvalue weighted by atomic mass is 15.2. The lowest BCUT2D eigenvalue weighted by atomic mass is 10.1. The molecule has 5 aromatic carbocycles. The van der Waals surface area contributed by atoms with Crippen LogP contribution < -0.4 is 4.90 Å². The summed E-state index contributed by atoms with van der Waals surface area (Å²) in [5.41, 5.74) is 6.88. The van der Waals surface area contributed by atoms with Gasteiger partial charge in [0.25, 0.3) is 0 Å². The number of pyridine rings is 1. The van der Waals surface area contributed by atoms with Gasteiger partial charge in [-0.1, -0.05) is 42.5 Å². The summed E-state index contributed by atoms with van der Waals surface area (Å²) in [5.74, 6) is 0.521. The Morgan fingerprint density at radius 3 is 2.23 bits per heavy atom. The van der Waals surface area contributed by atoms with E-state index < -0.39 is 13.8 Å². The van der Waals surface area contributed by atoms with Crippen molar-refractivity contribution in [2.24, 2.45) is 6.98 Å². The van der Waals surface area contributed by atoms with E-state index in [0.717, 1.165) is 50.1 Å². The molecule has 0 saturated carbocycles. The van der Waals surface area contributed by atoms with Crippen LogP contribution in [0.3, 0.4) is 0 Å². The second kappa shape index (κ2) is 10.00. The maximum Gasteiger partial charge on any atom is 0.191 e. The number of rotatable bonds is 5. The Morgan fingerprint density at radius 1 is 0.628 bits per heavy atom. The third kappa shape index (κ3) is 4.17. The molecule has 0 bridgehead atoms. The zero-order valence-corrected chi connectivity index (χ0v) is 23.1. The molecule has 0 atom stereocenters. The van der Waals surface area contributed by atoms with Crippen LogP contribution in [0.25, 0.3) is 44.3 Å². The number of aromatic nitrogens is 4. The molecule has 0 unspecified atom stereocenters. The Bertz CT molecular complexity index is 2500. The minimum atomic E-state index is -2.34. The van der Waals surface area contributed by atoms with Gasteiger partial charge in [0.15, 0.2) is 17.4 Å². The lowest BCUT2D eigenvalue weighted by molar-refractivity contribution is 0.911. The Labute approximate surface area is 258 Å². The van der Waals surface area contributed by atoms with Crippen LogP contribution in [-0.4, -0.2) is 18.7 Å². The monoisotopic (exact) mass is 562 g/mol. The number of hydrogen-bond acceptors (Lipinski definition) is 2. The first kappa shape index (κ1) is 19.4. The molecule has 43 heavy (non-hydrogen) atoms. The molecule has 3 heterocycles. The molecule has 5 nitrogen and oxygen atoms in total. The van der Waals surface area contributed by atoms with Crippen molar-refractivity contribution < 1.29 is 8.22 Å². The molecule has 0 N–H and O–H groups in total. The van der Waals surface area contributed by atoms with Crippen LogP contribution in [0.5, 0.6) is 0 Å². The van der Waals surface area contributed by atoms with Gasteiger partial charge in [-0.2, -0.15) is 4.57 Å². The van der Waals surface area contributed by atoms with Crippen LogP contribution in [0.2, 0.25) is 0 Å². The van der Waals surface area contributed by atoms with Crippen LogP contribution in [0, 0.1) is 6.85 Å². The van der Waals surface area contributed by atoms with Crippen molar-refractivity contribution in [2.45, 2.75) is 6.85 Å². The molecule has 0 spiro atoms. The van der Waals surface area contributed by atoms with E-state index >= 15 is 0 Å². The van der Waals surface area contributed by atoms with Gasteiger partial charge in [-0.3, -0.25) is 4.57 Å². The largest absolute Gasteiger partial charge is 0.309 e. The van der Waals surface area contributed by atoms with Gasteiger partial charge in [0.2, 0.25) is 0 Å². The molecule has 0 aliphatic rings. The van der Waals surface area contributed by atoms with E-state index in [0.29, 0.717) is 11.3 Å². The van der Waals surface area contributed by atoms with Gasteiger partial charge in [-0.25, -0.2) is 9.55 Å². The second-order valence-electron chi connectivity index (χ2n) is 10.5. The molecule has 0 aliphatic heterocycles. The van der Waals surface area contributed by atoms with Crippen molar-refractivity contribution in [2.75, 3.05) is 4.90 Å². The molecule has 206 valence electrons. The molecule has 0 radical (unpaired) electrons. The molecule has 8 aromatic rings. The molecule has 8 rings (SSSR count). The van der Waals surface area contributed by atoms with Crippen LogP contribution in [0.1, 0.15) is 13.8 Å². The summed E-state index contributed by atoms with van der Waals surface area (Å²) >= 11 is 0. The Balaban J connectivity index is 1.34. The van der Waals surface area contributed by atoms with E-state index in [2.05, 4.69) is 34.1 Å². The summed E-state index contributed by atoms with van der Waals surface area (Å²) in [4.78, 5) is 6.78. The Kier molecular flexibility index (Phi) is 4.52. The normalized spacial score (nSPS) is 14.1. The average Bonchev–Trinajstić information content (AvgIpc) is 3.65. The van der Waals surface area contributed by atoms with Gasteiger partial charge in [0, 0.05) is 67.8 Å². The first-order chi connectivity index (χ1) is 23.6. The fraction of sp³-hybridized carbons (Fsp3) is 0.0526. The maximum absolute atomic E-state index is 8.13. The van der Waals surface area contributed by atoms with E-state index in [4.69, 9.17) is 8.22 Å². The molecule has 5 heteroatoms. The van der Waals surface area contributed by atoms with Crippen molar-refractivity contribution in [1.29, 1.82) is 0 Å². The van der Waals surface area contributed by atoms with Crippen molar-refractivity contribution in [3.63, 3.8) is 0 Å². The third-order valence-corrected chi connectivity index (χ3v) is 7.90. The Hall–Kier alpha value is -5.68. The molecular formula is C38H30N5+. The molecule has 3 aromatic heterocycles. The van der Waals surface area contributed by atoms with Crippen molar-refractivity contribution in [1.82, 2.24) is 18.7 Å². The first-order valence-corrected chi connectivity index (χ1v) is 14.1. The minimum Gasteiger partial charge on any atom is -0.309 e. The van der Waals surface area contributed by atoms with Gasteiger partial charge in [0.05, 0.1) is 16.7 Å². The predicted molar refractivity (Wildman–Crippen MR) is 178 cm³/mol. The fourth-order valence-electron chi connectivity index (χ4n) is 6.01. The minimum absolute atomic E-state index is 0.222. The first-order valence-electron chi connectivity index (χ1n) is 17.1. The quantitative estimate of drug-likeness (QED) is 0.196. The van der Waals surface area contributed by atoms with Gasteiger partial charge >= 0.3 is 0 Å². The summed E-state index contributed by atoms with van der Waals surface area (Å²) in [6.45, 7) is -4.62. The standard InChI is InChI=1S/C38H30N5/c1-27-21-22-39-38(23-27)43-34-16-7-6-15-32(34)33-20-19-31(25-37(33)43)42(28-11-4-3-5-12-28)30-14-10-13-29(24-30)41-26-40(2)35-17-8-9-18-36(35)41/h3-26H,1-2H3/q+1/i1D3,2D3. The number of fused-ring (bicyclic) bond motifs is 4. The summed E-state index contributed by atoms with van der Waals surface area (Å²) < 4.78 is 53.7. The summed E-state index contributed by atoms with van der Waals surface area (Å²) in [7, 11) is 0. The highest BCUT2D eigenvalue weighted by Crippen LogP contribution is 2.40. The predicted octanol–water partition coefficient (Wildman–Crippen LogP) is 9.52. The van der Waals surface area contributed by atoms with E-state index in [1.807, 2.05) is 106 Å². The zero-order valence-electron chi connectivity index (χ0n) is 29.1. The fourth-order valence-corrected chi connectivity index (χ4v) is 6.01. The van der Waals surface area contributed by atoms with Crippen molar-refractivity contribution in [3.05, 3.63) is 152 Å². The van der Waals surface area contributed by atoms with Crippen LogP contribution >= 0.6 is 0 Å². The van der Waals surface area contributed by atoms with Crippen LogP contribution in [0.4, 0.5) is 17.1 Å². The maximum atomic E-state index is 8.13. The number of aryl methyl sites for hydroxylation is 2.